The van der Waals surface area contributed by atoms with Crippen LogP contribution in [0.25, 0.3) is 0 Å². The smallest absolute Gasteiger partial charge is 0.316 e. The number of phosphoric acid groups is 2. The summed E-state index contributed by atoms with van der Waals surface area (Å²) in [4.78, 5) is 31.0. The van der Waals surface area contributed by atoms with Crippen molar-refractivity contribution in [2.45, 2.75) is 0 Å². The topological polar surface area (TPSA) is 124 Å². The van der Waals surface area contributed by atoms with Gasteiger partial charge in [-0.15, -0.1) is 0 Å². The summed E-state index contributed by atoms with van der Waals surface area (Å²) < 4.78 is 22.2. The quantitative estimate of drug-likeness (QED) is 0.294. The van der Waals surface area contributed by atoms with E-state index >= 15 is 0 Å². The van der Waals surface area contributed by atoms with E-state index in [0.29, 0.717) is 0 Å². The summed E-state index contributed by atoms with van der Waals surface area (Å²) in [7, 11) is -10.1. The summed E-state index contributed by atoms with van der Waals surface area (Å²) in [6, 6.07) is 0. The Labute approximate surface area is 214 Å². The van der Waals surface area contributed by atoms with Gasteiger partial charge in [0.05, 0.1) is 0 Å². The van der Waals surface area contributed by atoms with Crippen LogP contribution in [-0.4, -0.2) is 192 Å². The molecule has 0 aliphatic rings. The van der Waals surface area contributed by atoms with E-state index < -0.39 is 15.6 Å². The van der Waals surface area contributed by atoms with Crippen LogP contribution in [0.4, 0.5) is 0 Å². The molecule has 0 fully saturated rings. The Hall–Kier alpha value is 5.83. The third-order valence-corrected chi connectivity index (χ3v) is 1.91. The average molecular weight is 337 g/mol. The van der Waals surface area contributed by atoms with E-state index in [4.69, 9.17) is 19.6 Å². The molecule has 0 rings (SSSR count). The molecule has 0 saturated carbocycles. The fourth-order valence-corrected chi connectivity index (χ4v) is 1.25. The minimum atomic E-state index is -5.05. The summed E-state index contributed by atoms with van der Waals surface area (Å²) in [6.45, 7) is 0. The van der Waals surface area contributed by atoms with Crippen LogP contribution in [0.2, 0.25) is 0 Å². The average Bonchev–Trinajstić information content (AvgIpc) is 1.14. The molecule has 0 aliphatic carbocycles. The molecule has 0 aromatic rings. The van der Waals surface area contributed by atoms with E-state index in [0.717, 1.165) is 0 Å². The maximum atomic E-state index is 9.63. The Morgan fingerprint density at radius 1 is 0.714 bits per heavy atom. The molecule has 0 aromatic heterocycles. The Balaban J connectivity index is -0.0000000320. The minimum Gasteiger partial charge on any atom is 0.316 e. The molecule has 0 bridgehead atoms. The molecule has 0 unspecified atom stereocenters. The van der Waals surface area contributed by atoms with Crippen LogP contribution in [0.15, 0.2) is 0 Å². The van der Waals surface area contributed by atoms with Crippen LogP contribution in [0, 0.1) is 0 Å². The van der Waals surface area contributed by atoms with E-state index in [1.165, 1.54) is 0 Å². The van der Waals surface area contributed by atoms with E-state index in [1.807, 2.05) is 0 Å². The van der Waals surface area contributed by atoms with Gasteiger partial charge in [-0.3, -0.25) is 0 Å². The second kappa shape index (κ2) is 16.9. The first-order valence-corrected chi connectivity index (χ1v) is 4.59. The van der Waals surface area contributed by atoms with Crippen molar-refractivity contribution >= 4 is 188 Å². The van der Waals surface area contributed by atoms with Crippen LogP contribution < -0.4 is 0 Å². The zero-order valence-electron chi connectivity index (χ0n) is 3.91. The molecule has 0 saturated heterocycles. The summed E-state index contributed by atoms with van der Waals surface area (Å²) in [5, 5.41) is 0. The second-order valence-electron chi connectivity index (χ2n) is 1.06. The van der Waals surface area contributed by atoms with Gasteiger partial charge in [0.15, 0.2) is 0 Å². The monoisotopic (exact) mass is 336 g/mol. The molecule has 0 atom stereocenters. The maximum absolute atomic E-state index is 9.63. The summed E-state index contributed by atoms with van der Waals surface area (Å²) >= 11 is 0. The van der Waals surface area contributed by atoms with Gasteiger partial charge in [0.2, 0.25) is 0 Å². The van der Waals surface area contributed by atoms with Crippen LogP contribution in [0.1, 0.15) is 0 Å². The molecule has 4 N–H and O–H groups in total. The van der Waals surface area contributed by atoms with Gasteiger partial charge in [-0.1, -0.05) is 0 Å². The fourth-order valence-electron chi connectivity index (χ4n) is 0.139. The van der Waals surface area contributed by atoms with Gasteiger partial charge in [0.25, 0.3) is 0 Å². The summed E-state index contributed by atoms with van der Waals surface area (Å²) in [5.41, 5.74) is 0. The van der Waals surface area contributed by atoms with Gasteiger partial charge in [-0.2, -0.15) is 4.31 Å². The van der Waals surface area contributed by atoms with Crippen molar-refractivity contribution in [3.63, 3.8) is 0 Å². The van der Waals surface area contributed by atoms with Gasteiger partial charge in [0, 0.05) is 0 Å². The molecule has 0 aliphatic heterocycles. The number of hydrogen-bond acceptors (Lipinski definition) is 3. The maximum Gasteiger partial charge on any atom is 0.316 e. The summed E-state index contributed by atoms with van der Waals surface area (Å²) in [5.74, 6) is 0. The first-order chi connectivity index (χ1) is 3.71. The third kappa shape index (κ3) is 36.1. The molecular formula is H12K2Mg3O7P2. The van der Waals surface area contributed by atoms with Crippen LogP contribution in [0.3, 0.4) is 0 Å². The van der Waals surface area contributed by atoms with E-state index in [9.17, 15) is 9.13 Å². The van der Waals surface area contributed by atoms with Crippen LogP contribution in [0.5, 0.6) is 0 Å². The van der Waals surface area contributed by atoms with E-state index in [-0.39, 0.29) is 172 Å². The molecule has 14 heteroatoms. The predicted octanol–water partition coefficient (Wildman–Crippen LogP) is -4.86. The molecule has 0 amide bonds. The Kier molecular flexibility index (Phi) is 44.3. The fraction of sp³-hybridized carbons (Fsp3) is 0. The van der Waals surface area contributed by atoms with Gasteiger partial charge in [-0.05, 0) is 0 Å². The van der Waals surface area contributed by atoms with Crippen LogP contribution >= 0.6 is 15.6 Å². The normalized spacial score (nSPS) is 8.86. The standard InChI is InChI=1S/2K.3Mg.H4O7P2.8H/c;;;;;1-8(2,3)7-9(4,5)6;;;;;;;;/h;;;;;(H2,1,2,3)(H2,4,5,6);;;;;;;;. The van der Waals surface area contributed by atoms with Gasteiger partial charge < -0.3 is 19.6 Å². The minimum absolute atomic E-state index is 0. The zero-order valence-corrected chi connectivity index (χ0v) is 5.70. The van der Waals surface area contributed by atoms with Crippen molar-refractivity contribution in [3.05, 3.63) is 0 Å². The molecule has 72 valence electrons. The second-order valence-corrected chi connectivity index (χ2v) is 3.68. The van der Waals surface area contributed by atoms with Crippen molar-refractivity contribution in [2.75, 3.05) is 0 Å². The Morgan fingerprint density at radius 3 is 0.857 bits per heavy atom. The van der Waals surface area contributed by atoms with E-state index in [2.05, 4.69) is 4.31 Å². The SMILES string of the molecule is O=P(O)(O)OP(=O)(O)O.[KH].[KH].[MgH2].[MgH2].[MgH2]. The molecule has 0 radical (unpaired) electrons. The third-order valence-electron chi connectivity index (χ3n) is 0.213. The van der Waals surface area contributed by atoms with Gasteiger partial charge in [0.1, 0.15) is 0 Å². The Bertz CT molecular complexity index is 165. The number of rotatable bonds is 2. The first kappa shape index (κ1) is 36.8. The van der Waals surface area contributed by atoms with Crippen molar-refractivity contribution in [1.82, 2.24) is 0 Å². The number of hydrogen-bond donors (Lipinski definition) is 4. The largest absolute Gasteiger partial charge is 0.316 e. The molecule has 0 aromatic carbocycles. The summed E-state index contributed by atoms with van der Waals surface area (Å²) in [6.07, 6.45) is 0. The van der Waals surface area contributed by atoms with E-state index in [1.54, 1.807) is 0 Å². The molecule has 0 heterocycles. The molecule has 14 heavy (non-hydrogen) atoms. The predicted molar refractivity (Wildman–Crippen MR) is 65.1 cm³/mol. The van der Waals surface area contributed by atoms with Gasteiger partial charge in [-0.25, -0.2) is 9.13 Å². The molecular weight excluding hydrogens is 325 g/mol. The van der Waals surface area contributed by atoms with Crippen molar-refractivity contribution in [3.8, 4) is 0 Å². The zero-order chi connectivity index (χ0) is 7.71. The molecule has 7 nitrogen and oxygen atoms in total. The molecule has 0 spiro atoms. The van der Waals surface area contributed by atoms with Gasteiger partial charge >= 0.3 is 188 Å². The Morgan fingerprint density at radius 2 is 0.857 bits per heavy atom. The first-order valence-electron chi connectivity index (χ1n) is 1.53. The van der Waals surface area contributed by atoms with Crippen molar-refractivity contribution < 1.29 is 33.0 Å². The van der Waals surface area contributed by atoms with Crippen LogP contribution in [-0.2, 0) is 13.4 Å². The van der Waals surface area contributed by atoms with Crippen molar-refractivity contribution in [2.24, 2.45) is 0 Å². The van der Waals surface area contributed by atoms with Crippen molar-refractivity contribution in [1.29, 1.82) is 0 Å².